The Morgan fingerprint density at radius 3 is 2.38 bits per heavy atom. The molecule has 0 saturated heterocycles. The maximum atomic E-state index is 13.1. The molecule has 0 amide bonds. The number of aromatic nitrogens is 3. The summed E-state index contributed by atoms with van der Waals surface area (Å²) in [5.74, 6) is 0.460. The molecule has 0 N–H and O–H groups in total. The van der Waals surface area contributed by atoms with Crippen molar-refractivity contribution in [1.29, 1.82) is 0 Å². The minimum absolute atomic E-state index is 0.0130. The number of ether oxygens (including phenoxy) is 2. The van der Waals surface area contributed by atoms with Crippen LogP contribution in [0.25, 0.3) is 22.4 Å². The van der Waals surface area contributed by atoms with Crippen LogP contribution < -0.4 is 5.56 Å². The molecule has 0 aliphatic heterocycles. The van der Waals surface area contributed by atoms with Crippen LogP contribution in [0.1, 0.15) is 52.0 Å². The Balaban J connectivity index is 1.42. The zero-order chi connectivity index (χ0) is 26.4. The summed E-state index contributed by atoms with van der Waals surface area (Å²) < 4.78 is 12.6. The number of hydrogen-bond donors (Lipinski definition) is 0. The lowest BCUT2D eigenvalue weighted by Gasteiger charge is -2.28. The van der Waals surface area contributed by atoms with Gasteiger partial charge in [-0.1, -0.05) is 30.3 Å². The van der Waals surface area contributed by atoms with Crippen molar-refractivity contribution in [2.45, 2.75) is 65.5 Å². The number of carbonyl (C=O) groups is 1. The highest BCUT2D eigenvalue weighted by molar-refractivity contribution is 5.80. The van der Waals surface area contributed by atoms with Crippen LogP contribution in [-0.4, -0.2) is 39.5 Å². The maximum Gasteiger partial charge on any atom is 0.332 e. The number of benzene rings is 1. The van der Waals surface area contributed by atoms with Gasteiger partial charge in [-0.2, -0.15) is 5.10 Å². The summed E-state index contributed by atoms with van der Waals surface area (Å²) >= 11 is 0. The molecule has 0 bridgehead atoms. The van der Waals surface area contributed by atoms with Gasteiger partial charge in [0.25, 0.3) is 5.56 Å². The first-order valence-corrected chi connectivity index (χ1v) is 13.1. The predicted molar refractivity (Wildman–Crippen MR) is 144 cm³/mol. The molecule has 1 aromatic carbocycles. The van der Waals surface area contributed by atoms with E-state index in [1.807, 2.05) is 64.2 Å². The van der Waals surface area contributed by atoms with Crippen molar-refractivity contribution in [2.24, 2.45) is 11.8 Å². The predicted octanol–water partition coefficient (Wildman–Crippen LogP) is 5.45. The van der Waals surface area contributed by atoms with Crippen molar-refractivity contribution in [3.8, 4) is 22.4 Å². The Kier molecular flexibility index (Phi) is 8.54. The van der Waals surface area contributed by atoms with E-state index < -0.39 is 5.60 Å². The molecule has 7 heteroatoms. The van der Waals surface area contributed by atoms with Crippen LogP contribution in [-0.2, 0) is 20.8 Å². The summed E-state index contributed by atoms with van der Waals surface area (Å²) in [7, 11) is 0. The molecule has 0 radical (unpaired) electrons. The second kappa shape index (κ2) is 11.8. The zero-order valence-electron chi connectivity index (χ0n) is 22.3. The molecule has 7 nitrogen and oxygen atoms in total. The van der Waals surface area contributed by atoms with Gasteiger partial charge < -0.3 is 9.47 Å². The van der Waals surface area contributed by atoms with Crippen molar-refractivity contribution in [3.05, 3.63) is 70.8 Å². The Bertz CT molecular complexity index is 1260. The van der Waals surface area contributed by atoms with Gasteiger partial charge in [0.1, 0.15) is 17.9 Å². The Morgan fingerprint density at radius 1 is 1.00 bits per heavy atom. The Labute approximate surface area is 218 Å². The Hall–Kier alpha value is -3.32. The van der Waals surface area contributed by atoms with E-state index in [2.05, 4.69) is 11.1 Å². The smallest absolute Gasteiger partial charge is 0.332 e. The zero-order valence-corrected chi connectivity index (χ0v) is 22.3. The van der Waals surface area contributed by atoms with E-state index >= 15 is 0 Å². The lowest BCUT2D eigenvalue weighted by atomic mass is 9.82. The third-order valence-corrected chi connectivity index (χ3v) is 6.62. The number of rotatable bonds is 8. The van der Waals surface area contributed by atoms with Gasteiger partial charge in [-0.15, -0.1) is 0 Å². The molecule has 4 rings (SSSR count). The fourth-order valence-electron chi connectivity index (χ4n) is 4.86. The molecule has 0 atom stereocenters. The molecule has 2 aromatic heterocycles. The van der Waals surface area contributed by atoms with Gasteiger partial charge in [-0.25, -0.2) is 9.48 Å². The summed E-state index contributed by atoms with van der Waals surface area (Å²) in [6, 6.07) is 13.7. The van der Waals surface area contributed by atoms with Gasteiger partial charge >= 0.3 is 5.97 Å². The SMILES string of the molecule is Cc1cncc(-c2nn(CC3CCC(COCC(=O)OC(C)(C)C)CC3)c(=O)cc2-c2ccccc2)c1. The second-order valence-electron chi connectivity index (χ2n) is 11.0. The van der Waals surface area contributed by atoms with Crippen molar-refractivity contribution in [3.63, 3.8) is 0 Å². The molecule has 0 unspecified atom stereocenters. The summed E-state index contributed by atoms with van der Waals surface area (Å²) in [5.41, 5.74) is 3.90. The van der Waals surface area contributed by atoms with E-state index in [4.69, 9.17) is 14.6 Å². The van der Waals surface area contributed by atoms with E-state index in [9.17, 15) is 9.59 Å². The van der Waals surface area contributed by atoms with Crippen LogP contribution >= 0.6 is 0 Å². The van der Waals surface area contributed by atoms with E-state index in [1.54, 1.807) is 16.9 Å². The number of nitrogens with zero attached hydrogens (tertiary/aromatic N) is 3. The number of esters is 1. The average Bonchev–Trinajstić information content (AvgIpc) is 2.85. The topological polar surface area (TPSA) is 83.3 Å². The lowest BCUT2D eigenvalue weighted by molar-refractivity contribution is -0.160. The third kappa shape index (κ3) is 7.59. The number of hydrogen-bond acceptors (Lipinski definition) is 6. The molecule has 1 aliphatic carbocycles. The number of aryl methyl sites for hydroxylation is 1. The second-order valence-corrected chi connectivity index (χ2v) is 11.0. The van der Waals surface area contributed by atoms with Gasteiger partial charge in [0.2, 0.25) is 0 Å². The molecule has 0 spiro atoms. The lowest BCUT2D eigenvalue weighted by Crippen LogP contribution is -2.30. The molecule has 1 aliphatic rings. The summed E-state index contributed by atoms with van der Waals surface area (Å²) in [6.45, 7) is 8.68. The molecule has 1 saturated carbocycles. The van der Waals surface area contributed by atoms with Gasteiger partial charge in [-0.05, 0) is 82.4 Å². The van der Waals surface area contributed by atoms with Crippen molar-refractivity contribution in [1.82, 2.24) is 14.8 Å². The van der Waals surface area contributed by atoms with E-state index in [0.717, 1.165) is 53.6 Å². The van der Waals surface area contributed by atoms with E-state index in [-0.39, 0.29) is 18.1 Å². The van der Waals surface area contributed by atoms with Crippen LogP contribution in [0.5, 0.6) is 0 Å². The van der Waals surface area contributed by atoms with Crippen molar-refractivity contribution >= 4 is 5.97 Å². The largest absolute Gasteiger partial charge is 0.458 e. The van der Waals surface area contributed by atoms with Gasteiger partial charge in [0.15, 0.2) is 0 Å². The molecule has 3 aromatic rings. The molecule has 1 fully saturated rings. The molecular weight excluding hydrogens is 466 g/mol. The summed E-state index contributed by atoms with van der Waals surface area (Å²) in [4.78, 5) is 29.3. The normalized spacial score (nSPS) is 17.9. The van der Waals surface area contributed by atoms with Crippen LogP contribution in [0.2, 0.25) is 0 Å². The van der Waals surface area contributed by atoms with Gasteiger partial charge in [0, 0.05) is 36.1 Å². The fraction of sp³-hybridized carbons (Fsp3) is 0.467. The van der Waals surface area contributed by atoms with Crippen LogP contribution in [0.4, 0.5) is 0 Å². The molecule has 196 valence electrons. The van der Waals surface area contributed by atoms with Gasteiger partial charge in [0.05, 0.1) is 6.61 Å². The minimum atomic E-state index is -0.500. The van der Waals surface area contributed by atoms with Gasteiger partial charge in [-0.3, -0.25) is 9.78 Å². The number of pyridine rings is 1. The third-order valence-electron chi connectivity index (χ3n) is 6.62. The highest BCUT2D eigenvalue weighted by Gasteiger charge is 2.24. The highest BCUT2D eigenvalue weighted by atomic mass is 16.6. The fourth-order valence-corrected chi connectivity index (χ4v) is 4.86. The summed E-state index contributed by atoms with van der Waals surface area (Å²) in [6.07, 6.45) is 7.62. The summed E-state index contributed by atoms with van der Waals surface area (Å²) in [5, 5.41) is 4.86. The van der Waals surface area contributed by atoms with Crippen molar-refractivity contribution in [2.75, 3.05) is 13.2 Å². The highest BCUT2D eigenvalue weighted by Crippen LogP contribution is 2.32. The first-order valence-electron chi connectivity index (χ1n) is 13.1. The monoisotopic (exact) mass is 503 g/mol. The van der Waals surface area contributed by atoms with E-state index in [0.29, 0.717) is 25.0 Å². The standard InChI is InChI=1S/C30H37N3O4/c1-21-14-25(17-31-16-21)29-26(24-8-6-5-7-9-24)15-27(34)33(32-29)18-22-10-12-23(13-11-22)19-36-20-28(35)37-30(2,3)4/h5-9,14-17,22-23H,10-13,18-20H2,1-4H3. The minimum Gasteiger partial charge on any atom is -0.458 e. The Morgan fingerprint density at radius 2 is 1.70 bits per heavy atom. The molecular formula is C30H37N3O4. The first-order chi connectivity index (χ1) is 17.7. The molecule has 37 heavy (non-hydrogen) atoms. The van der Waals surface area contributed by atoms with Crippen LogP contribution in [0.3, 0.4) is 0 Å². The van der Waals surface area contributed by atoms with E-state index in [1.165, 1.54) is 0 Å². The van der Waals surface area contributed by atoms with Crippen LogP contribution in [0.15, 0.2) is 59.7 Å². The molecule has 2 heterocycles. The average molecular weight is 504 g/mol. The van der Waals surface area contributed by atoms with Crippen LogP contribution in [0, 0.1) is 18.8 Å². The van der Waals surface area contributed by atoms with Crippen molar-refractivity contribution < 1.29 is 14.3 Å². The quantitative estimate of drug-likeness (QED) is 0.380. The maximum absolute atomic E-state index is 13.1. The first kappa shape index (κ1) is 26.7. The number of carbonyl (C=O) groups excluding carboxylic acids is 1.